The van der Waals surface area contributed by atoms with Crippen molar-refractivity contribution in [1.82, 2.24) is 0 Å². The van der Waals surface area contributed by atoms with Crippen molar-refractivity contribution in [3.05, 3.63) is 0 Å². The third-order valence-electron chi connectivity index (χ3n) is 4.21. The Labute approximate surface area is 106 Å². The number of hydrogen-bond donors (Lipinski definition) is 0. The molecule has 3 unspecified atom stereocenters. The van der Waals surface area contributed by atoms with Gasteiger partial charge in [0.05, 0.1) is 0 Å². The van der Waals surface area contributed by atoms with Crippen molar-refractivity contribution in [3.8, 4) is 0 Å². The quantitative estimate of drug-likeness (QED) is 0.662. The van der Waals surface area contributed by atoms with E-state index in [-0.39, 0.29) is 0 Å². The van der Waals surface area contributed by atoms with Crippen LogP contribution in [0.1, 0.15) is 52.9 Å². The van der Waals surface area contributed by atoms with Crippen LogP contribution in [-0.4, -0.2) is 19.5 Å². The predicted molar refractivity (Wildman–Crippen MR) is 71.0 cm³/mol. The Balaban J connectivity index is 2.53. The van der Waals surface area contributed by atoms with E-state index < -0.39 is 0 Å². The molecule has 1 aliphatic carbocycles. The van der Waals surface area contributed by atoms with Crippen LogP contribution in [0.5, 0.6) is 0 Å². The molecule has 2 nitrogen and oxygen atoms in total. The normalized spacial score (nSPS) is 29.6. The first-order chi connectivity index (χ1) is 8.06. The van der Waals surface area contributed by atoms with E-state index in [0.29, 0.717) is 36.6 Å². The summed E-state index contributed by atoms with van der Waals surface area (Å²) < 4.78 is 5.02. The summed E-state index contributed by atoms with van der Waals surface area (Å²) in [5, 5.41) is 0. The van der Waals surface area contributed by atoms with Gasteiger partial charge in [0, 0.05) is 26.1 Å². The van der Waals surface area contributed by atoms with Crippen LogP contribution in [0.15, 0.2) is 0 Å². The van der Waals surface area contributed by atoms with Crippen LogP contribution in [0.25, 0.3) is 0 Å². The standard InChI is InChI=1S/C15H28O2/c1-11(2)13-8-7-12(3)10-14(13)15(16)6-5-9-17-4/h11-14H,5-10H2,1-4H3. The number of Topliss-reactive ketones (excluding diaryl/α,β-unsaturated/α-hetero) is 1. The molecule has 0 saturated heterocycles. The van der Waals surface area contributed by atoms with Crippen LogP contribution < -0.4 is 0 Å². The second-order valence-corrected chi connectivity index (χ2v) is 6.00. The Hall–Kier alpha value is -0.370. The fourth-order valence-corrected chi connectivity index (χ4v) is 3.15. The zero-order valence-electron chi connectivity index (χ0n) is 11.9. The molecule has 0 aromatic carbocycles. The molecule has 0 heterocycles. The molecular formula is C15H28O2. The summed E-state index contributed by atoms with van der Waals surface area (Å²) in [5.41, 5.74) is 0. The lowest BCUT2D eigenvalue weighted by atomic mass is 9.68. The average molecular weight is 240 g/mol. The van der Waals surface area contributed by atoms with E-state index in [1.165, 1.54) is 12.8 Å². The lowest BCUT2D eigenvalue weighted by Gasteiger charge is -2.36. The van der Waals surface area contributed by atoms with Gasteiger partial charge in [0.25, 0.3) is 0 Å². The molecular weight excluding hydrogens is 212 g/mol. The number of ether oxygens (including phenoxy) is 1. The first kappa shape index (κ1) is 14.7. The van der Waals surface area contributed by atoms with Crippen LogP contribution in [0, 0.1) is 23.7 Å². The summed E-state index contributed by atoms with van der Waals surface area (Å²) in [6.07, 6.45) is 5.22. The molecule has 0 bridgehead atoms. The molecule has 0 spiro atoms. The molecule has 1 fully saturated rings. The highest BCUT2D eigenvalue weighted by molar-refractivity contribution is 5.81. The van der Waals surface area contributed by atoms with Gasteiger partial charge in [0.15, 0.2) is 0 Å². The summed E-state index contributed by atoms with van der Waals surface area (Å²) in [5.74, 6) is 2.77. The first-order valence-corrected chi connectivity index (χ1v) is 7.07. The van der Waals surface area contributed by atoms with Crippen molar-refractivity contribution < 1.29 is 9.53 Å². The molecule has 0 radical (unpaired) electrons. The Morgan fingerprint density at radius 3 is 2.65 bits per heavy atom. The lowest BCUT2D eigenvalue weighted by Crippen LogP contribution is -2.33. The maximum absolute atomic E-state index is 12.3. The largest absolute Gasteiger partial charge is 0.385 e. The fraction of sp³-hybridized carbons (Fsp3) is 0.933. The number of carbonyl (C=O) groups excluding carboxylic acids is 1. The van der Waals surface area contributed by atoms with Gasteiger partial charge in [-0.2, -0.15) is 0 Å². The highest BCUT2D eigenvalue weighted by Gasteiger charge is 2.34. The van der Waals surface area contributed by atoms with Gasteiger partial charge in [0.2, 0.25) is 0 Å². The third-order valence-corrected chi connectivity index (χ3v) is 4.21. The summed E-state index contributed by atoms with van der Waals surface area (Å²) >= 11 is 0. The number of ketones is 1. The van der Waals surface area contributed by atoms with Crippen LogP contribution in [0.3, 0.4) is 0 Å². The smallest absolute Gasteiger partial charge is 0.136 e. The van der Waals surface area contributed by atoms with Gasteiger partial charge in [-0.15, -0.1) is 0 Å². The monoisotopic (exact) mass is 240 g/mol. The molecule has 0 aliphatic heterocycles. The summed E-state index contributed by atoms with van der Waals surface area (Å²) in [7, 11) is 1.70. The van der Waals surface area contributed by atoms with Gasteiger partial charge in [-0.05, 0) is 37.0 Å². The van der Waals surface area contributed by atoms with Crippen molar-refractivity contribution in [2.45, 2.75) is 52.9 Å². The van der Waals surface area contributed by atoms with E-state index in [9.17, 15) is 4.79 Å². The zero-order valence-corrected chi connectivity index (χ0v) is 11.9. The fourth-order valence-electron chi connectivity index (χ4n) is 3.15. The molecule has 3 atom stereocenters. The maximum Gasteiger partial charge on any atom is 0.136 e. The molecule has 1 aliphatic rings. The SMILES string of the molecule is COCCCC(=O)C1CC(C)CCC1C(C)C. The van der Waals surface area contributed by atoms with E-state index >= 15 is 0 Å². The summed E-state index contributed by atoms with van der Waals surface area (Å²) in [6, 6.07) is 0. The van der Waals surface area contributed by atoms with Crippen molar-refractivity contribution in [2.75, 3.05) is 13.7 Å². The van der Waals surface area contributed by atoms with E-state index in [2.05, 4.69) is 20.8 Å². The van der Waals surface area contributed by atoms with Crippen LogP contribution >= 0.6 is 0 Å². The van der Waals surface area contributed by atoms with Crippen molar-refractivity contribution in [3.63, 3.8) is 0 Å². The van der Waals surface area contributed by atoms with Crippen molar-refractivity contribution >= 4 is 5.78 Å². The summed E-state index contributed by atoms with van der Waals surface area (Å²) in [4.78, 5) is 12.3. The topological polar surface area (TPSA) is 26.3 Å². The van der Waals surface area contributed by atoms with Gasteiger partial charge < -0.3 is 4.74 Å². The molecule has 0 amide bonds. The lowest BCUT2D eigenvalue weighted by molar-refractivity contribution is -0.127. The van der Waals surface area contributed by atoms with Crippen molar-refractivity contribution in [1.29, 1.82) is 0 Å². The Kier molecular flexibility index (Phi) is 6.18. The highest BCUT2D eigenvalue weighted by atomic mass is 16.5. The highest BCUT2D eigenvalue weighted by Crippen LogP contribution is 2.39. The van der Waals surface area contributed by atoms with E-state index in [0.717, 1.165) is 18.8 Å². The minimum Gasteiger partial charge on any atom is -0.385 e. The predicted octanol–water partition coefficient (Wildman–Crippen LogP) is 3.69. The van der Waals surface area contributed by atoms with Gasteiger partial charge in [-0.1, -0.05) is 27.2 Å². The number of carbonyl (C=O) groups is 1. The Morgan fingerprint density at radius 2 is 2.06 bits per heavy atom. The van der Waals surface area contributed by atoms with Gasteiger partial charge >= 0.3 is 0 Å². The molecule has 1 saturated carbocycles. The second kappa shape index (κ2) is 7.15. The second-order valence-electron chi connectivity index (χ2n) is 6.00. The zero-order chi connectivity index (χ0) is 12.8. The maximum atomic E-state index is 12.3. The minimum atomic E-state index is 0.315. The third kappa shape index (κ3) is 4.42. The molecule has 0 aromatic rings. The molecule has 2 heteroatoms. The molecule has 100 valence electrons. The molecule has 0 N–H and O–H groups in total. The average Bonchev–Trinajstić information content (AvgIpc) is 2.28. The Morgan fingerprint density at radius 1 is 1.35 bits per heavy atom. The number of rotatable bonds is 6. The van der Waals surface area contributed by atoms with E-state index in [1.807, 2.05) is 0 Å². The van der Waals surface area contributed by atoms with Crippen LogP contribution in [-0.2, 0) is 9.53 Å². The number of hydrogen-bond acceptors (Lipinski definition) is 2. The van der Waals surface area contributed by atoms with Gasteiger partial charge in [0.1, 0.15) is 5.78 Å². The molecule has 1 rings (SSSR count). The van der Waals surface area contributed by atoms with Crippen molar-refractivity contribution in [2.24, 2.45) is 23.7 Å². The molecule has 0 aromatic heterocycles. The number of methoxy groups -OCH3 is 1. The first-order valence-electron chi connectivity index (χ1n) is 7.07. The van der Waals surface area contributed by atoms with E-state index in [1.54, 1.807) is 7.11 Å². The minimum absolute atomic E-state index is 0.315. The van der Waals surface area contributed by atoms with Gasteiger partial charge in [-0.25, -0.2) is 0 Å². The van der Waals surface area contributed by atoms with Crippen LogP contribution in [0.2, 0.25) is 0 Å². The Bertz CT molecular complexity index is 235. The van der Waals surface area contributed by atoms with Gasteiger partial charge in [-0.3, -0.25) is 4.79 Å². The summed E-state index contributed by atoms with van der Waals surface area (Å²) in [6.45, 7) is 7.51. The molecule has 17 heavy (non-hydrogen) atoms. The van der Waals surface area contributed by atoms with Crippen LogP contribution in [0.4, 0.5) is 0 Å². The van der Waals surface area contributed by atoms with E-state index in [4.69, 9.17) is 4.74 Å².